The van der Waals surface area contributed by atoms with Crippen molar-refractivity contribution >= 4 is 37.9 Å². The highest BCUT2D eigenvalue weighted by Gasteiger charge is 2.31. The first-order valence-electron chi connectivity index (χ1n) is 9.71. The van der Waals surface area contributed by atoms with Gasteiger partial charge in [0.05, 0.1) is 15.9 Å². The van der Waals surface area contributed by atoms with Crippen molar-refractivity contribution in [1.29, 1.82) is 0 Å². The van der Waals surface area contributed by atoms with E-state index in [9.17, 15) is 8.42 Å². The van der Waals surface area contributed by atoms with Crippen LogP contribution < -0.4 is 5.73 Å². The second-order valence-corrected chi connectivity index (χ2v) is 9.23. The van der Waals surface area contributed by atoms with E-state index >= 15 is 0 Å². The van der Waals surface area contributed by atoms with Crippen molar-refractivity contribution in [3.63, 3.8) is 0 Å². The zero-order valence-electron chi connectivity index (χ0n) is 16.8. The molecule has 4 rings (SSSR count). The molecule has 2 aromatic carbocycles. The fourth-order valence-corrected chi connectivity index (χ4v) is 5.43. The van der Waals surface area contributed by atoms with Gasteiger partial charge in [-0.2, -0.15) is 0 Å². The molecule has 0 unspecified atom stereocenters. The van der Waals surface area contributed by atoms with Gasteiger partial charge >= 0.3 is 0 Å². The molecule has 2 heterocycles. The third kappa shape index (κ3) is 3.15. The van der Waals surface area contributed by atoms with Crippen LogP contribution in [0.1, 0.15) is 30.9 Å². The number of fused-ring (bicyclic) bond motifs is 2. The number of rotatable bonds is 5. The Kier molecular flexibility index (Phi) is 4.78. The van der Waals surface area contributed by atoms with Gasteiger partial charge in [0, 0.05) is 6.54 Å². The molecule has 0 radical (unpaired) electrons. The van der Waals surface area contributed by atoms with Crippen molar-refractivity contribution < 1.29 is 8.42 Å². The number of aromatic nitrogens is 3. The first-order chi connectivity index (χ1) is 13.8. The lowest BCUT2D eigenvalue weighted by molar-refractivity contribution is 0.595. The maximum Gasteiger partial charge on any atom is 0.212 e. The van der Waals surface area contributed by atoms with Gasteiger partial charge in [0.15, 0.2) is 5.65 Å². The predicted octanol–water partition coefficient (Wildman–Crippen LogP) is 4.42. The Morgan fingerprint density at radius 3 is 2.41 bits per heavy atom. The van der Waals surface area contributed by atoms with Crippen LogP contribution in [0.3, 0.4) is 0 Å². The van der Waals surface area contributed by atoms with Gasteiger partial charge in [0.2, 0.25) is 9.84 Å². The van der Waals surface area contributed by atoms with Crippen LogP contribution in [0.15, 0.2) is 52.3 Å². The van der Waals surface area contributed by atoms with Crippen LogP contribution in [0.2, 0.25) is 0 Å². The van der Waals surface area contributed by atoms with Gasteiger partial charge in [-0.05, 0) is 49.6 Å². The van der Waals surface area contributed by atoms with E-state index in [1.165, 1.54) is 0 Å². The number of hydrogen-bond acceptors (Lipinski definition) is 5. The second-order valence-electron chi connectivity index (χ2n) is 7.38. The van der Waals surface area contributed by atoms with Crippen molar-refractivity contribution in [2.75, 3.05) is 5.73 Å². The van der Waals surface area contributed by atoms with E-state index in [4.69, 9.17) is 10.7 Å². The summed E-state index contributed by atoms with van der Waals surface area (Å²) in [7, 11) is -3.87. The normalized spacial score (nSPS) is 12.1. The summed E-state index contributed by atoms with van der Waals surface area (Å²) >= 11 is 0. The summed E-state index contributed by atoms with van der Waals surface area (Å²) in [5.74, 6) is 0.199. The topological polar surface area (TPSA) is 90.9 Å². The van der Waals surface area contributed by atoms with Gasteiger partial charge in [-0.1, -0.05) is 37.6 Å². The molecule has 7 heteroatoms. The average molecular weight is 409 g/mol. The quantitative estimate of drug-likeness (QED) is 0.528. The van der Waals surface area contributed by atoms with E-state index in [-0.39, 0.29) is 15.6 Å². The van der Waals surface area contributed by atoms with Crippen molar-refractivity contribution in [3.8, 4) is 0 Å². The number of nitrogens with two attached hydrogens (primary N) is 1. The molecule has 0 saturated heterocycles. The molecule has 0 spiro atoms. The highest BCUT2D eigenvalue weighted by atomic mass is 32.2. The Morgan fingerprint density at radius 1 is 1.03 bits per heavy atom. The number of hydrogen-bond donors (Lipinski definition) is 1. The third-order valence-corrected chi connectivity index (χ3v) is 7.14. The summed E-state index contributed by atoms with van der Waals surface area (Å²) in [6.07, 6.45) is 1.82. The summed E-state index contributed by atoms with van der Waals surface area (Å²) < 4.78 is 29.2. The van der Waals surface area contributed by atoms with Crippen molar-refractivity contribution in [3.05, 3.63) is 53.6 Å². The summed E-state index contributed by atoms with van der Waals surface area (Å²) in [6.45, 7) is 6.34. The van der Waals surface area contributed by atoms with Gasteiger partial charge in [-0.25, -0.2) is 18.4 Å². The maximum absolute atomic E-state index is 13.7. The average Bonchev–Trinajstić information content (AvgIpc) is 2.97. The van der Waals surface area contributed by atoms with E-state index in [2.05, 4.69) is 11.9 Å². The lowest BCUT2D eigenvalue weighted by Gasteiger charge is -2.10. The molecular formula is C22H24N4O2S. The Bertz CT molecular complexity index is 1340. The molecule has 0 atom stereocenters. The zero-order valence-corrected chi connectivity index (χ0v) is 17.6. The molecule has 2 N–H and O–H groups in total. The first kappa shape index (κ1) is 19.4. The first-order valence-corrected chi connectivity index (χ1v) is 11.2. The molecular weight excluding hydrogens is 384 g/mol. The summed E-state index contributed by atoms with van der Waals surface area (Å²) in [5.41, 5.74) is 10.2. The molecule has 0 bridgehead atoms. The molecule has 0 amide bonds. The Balaban J connectivity index is 2.09. The molecule has 150 valence electrons. The van der Waals surface area contributed by atoms with E-state index < -0.39 is 9.84 Å². The van der Waals surface area contributed by atoms with Crippen LogP contribution >= 0.6 is 0 Å². The van der Waals surface area contributed by atoms with Gasteiger partial charge in [-0.15, -0.1) is 0 Å². The number of nitrogens with zero attached hydrogens (tertiary/aromatic N) is 3. The van der Waals surface area contributed by atoms with E-state index in [0.29, 0.717) is 34.3 Å². The van der Waals surface area contributed by atoms with Gasteiger partial charge in [-0.3, -0.25) is 0 Å². The minimum Gasteiger partial charge on any atom is -0.384 e. The number of nitrogen functional groups attached to an aromatic ring is 1. The van der Waals surface area contributed by atoms with Crippen molar-refractivity contribution in [1.82, 2.24) is 14.5 Å². The van der Waals surface area contributed by atoms with Crippen LogP contribution in [0.4, 0.5) is 5.82 Å². The highest BCUT2D eigenvalue weighted by molar-refractivity contribution is 7.92. The zero-order chi connectivity index (χ0) is 20.8. The number of unbranched alkanes of at least 4 members (excludes halogenated alkanes) is 1. The van der Waals surface area contributed by atoms with Gasteiger partial charge in [0.25, 0.3) is 0 Å². The van der Waals surface area contributed by atoms with Crippen molar-refractivity contribution in [2.24, 2.45) is 0 Å². The standard InChI is InChI=1S/C22H24N4O2S/c1-4-5-12-26-21(23)20(29(27,28)18-13-14(2)10-11-15(18)3)19-22(26)25-17-9-7-6-8-16(17)24-19/h6-11,13H,4-5,12,23H2,1-3H3. The molecule has 0 fully saturated rings. The molecule has 29 heavy (non-hydrogen) atoms. The number of sulfone groups is 1. The molecule has 0 aliphatic carbocycles. The minimum absolute atomic E-state index is 0.0514. The van der Waals surface area contributed by atoms with E-state index in [1.54, 1.807) is 17.6 Å². The molecule has 0 aliphatic rings. The second kappa shape index (κ2) is 7.15. The summed E-state index contributed by atoms with van der Waals surface area (Å²) in [5, 5.41) is 0. The van der Waals surface area contributed by atoms with Gasteiger partial charge < -0.3 is 10.3 Å². The summed E-state index contributed by atoms with van der Waals surface area (Å²) in [4.78, 5) is 9.69. The minimum atomic E-state index is -3.87. The molecule has 0 saturated carbocycles. The number of benzene rings is 2. The number of anilines is 1. The Labute approximate surface area is 170 Å². The monoisotopic (exact) mass is 408 g/mol. The SMILES string of the molecule is CCCCn1c(N)c(S(=O)(=O)c2cc(C)ccc2C)c2nc3ccccc3nc21. The predicted molar refractivity (Wildman–Crippen MR) is 116 cm³/mol. The fraction of sp³-hybridized carbons (Fsp3) is 0.273. The number of para-hydroxylation sites is 2. The van der Waals surface area contributed by atoms with E-state index in [0.717, 1.165) is 18.4 Å². The lowest BCUT2D eigenvalue weighted by Crippen LogP contribution is -2.09. The van der Waals surface area contributed by atoms with E-state index in [1.807, 2.05) is 43.3 Å². The van der Waals surface area contributed by atoms with Gasteiger partial charge in [0.1, 0.15) is 16.2 Å². The van der Waals surface area contributed by atoms with Crippen LogP contribution in [0.25, 0.3) is 22.2 Å². The van der Waals surface area contributed by atoms with Crippen LogP contribution in [0, 0.1) is 13.8 Å². The Morgan fingerprint density at radius 2 is 1.72 bits per heavy atom. The van der Waals surface area contributed by atoms with Crippen LogP contribution in [0.5, 0.6) is 0 Å². The molecule has 0 aliphatic heterocycles. The summed E-state index contributed by atoms with van der Waals surface area (Å²) in [6, 6.07) is 12.8. The lowest BCUT2D eigenvalue weighted by atomic mass is 10.2. The highest BCUT2D eigenvalue weighted by Crippen LogP contribution is 2.36. The smallest absolute Gasteiger partial charge is 0.212 e. The van der Waals surface area contributed by atoms with Crippen molar-refractivity contribution in [2.45, 2.75) is 49.9 Å². The maximum atomic E-state index is 13.7. The van der Waals surface area contributed by atoms with Crippen LogP contribution in [-0.2, 0) is 16.4 Å². The Hall–Kier alpha value is -2.93. The largest absolute Gasteiger partial charge is 0.384 e. The van der Waals surface area contributed by atoms with Crippen LogP contribution in [-0.4, -0.2) is 23.0 Å². The molecule has 2 aromatic heterocycles. The fourth-order valence-electron chi connectivity index (χ4n) is 3.60. The number of aryl methyl sites for hydroxylation is 3. The molecule has 6 nitrogen and oxygen atoms in total. The molecule has 4 aromatic rings. The third-order valence-electron chi connectivity index (χ3n) is 5.18.